The normalized spacial score (nSPS) is 13.5. The first kappa shape index (κ1) is 15.3. The number of anilines is 1. The molecule has 21 heavy (non-hydrogen) atoms. The molecule has 2 rings (SSSR count). The van der Waals surface area contributed by atoms with Crippen molar-refractivity contribution in [2.75, 3.05) is 5.32 Å². The molecule has 0 heterocycles. The fourth-order valence-electron chi connectivity index (χ4n) is 2.24. The third-order valence-electron chi connectivity index (χ3n) is 3.43. The summed E-state index contributed by atoms with van der Waals surface area (Å²) in [6.07, 6.45) is 0.233. The van der Waals surface area contributed by atoms with Gasteiger partial charge >= 0.3 is 5.97 Å². The van der Waals surface area contributed by atoms with Gasteiger partial charge in [-0.1, -0.05) is 42.8 Å². The van der Waals surface area contributed by atoms with Crippen LogP contribution >= 0.6 is 11.6 Å². The van der Waals surface area contributed by atoms with Gasteiger partial charge in [0.15, 0.2) is 5.54 Å². The van der Waals surface area contributed by atoms with E-state index < -0.39 is 17.3 Å². The SMILES string of the molecule is CCC(Nc1ccccc1F)(C(=O)O)c1cccc(Cl)c1. The highest BCUT2D eigenvalue weighted by molar-refractivity contribution is 6.30. The van der Waals surface area contributed by atoms with Gasteiger partial charge in [-0.05, 0) is 36.2 Å². The standard InChI is InChI=1S/C16H15ClFNO2/c1-2-16(15(20)21,11-6-5-7-12(17)10-11)19-14-9-4-3-8-13(14)18/h3-10,19H,2H2,1H3,(H,20,21). The largest absolute Gasteiger partial charge is 0.479 e. The molecule has 2 aromatic carbocycles. The number of benzene rings is 2. The second-order valence-electron chi connectivity index (χ2n) is 4.68. The monoisotopic (exact) mass is 307 g/mol. The van der Waals surface area contributed by atoms with Crippen LogP contribution in [0.4, 0.5) is 10.1 Å². The Labute approximate surface area is 127 Å². The van der Waals surface area contributed by atoms with Gasteiger partial charge in [-0.15, -0.1) is 0 Å². The zero-order valence-corrected chi connectivity index (χ0v) is 12.2. The van der Waals surface area contributed by atoms with Crippen molar-refractivity contribution < 1.29 is 14.3 Å². The maximum atomic E-state index is 13.8. The van der Waals surface area contributed by atoms with Crippen LogP contribution in [0.3, 0.4) is 0 Å². The van der Waals surface area contributed by atoms with Crippen molar-refractivity contribution in [3.63, 3.8) is 0 Å². The topological polar surface area (TPSA) is 49.3 Å². The molecular weight excluding hydrogens is 293 g/mol. The maximum Gasteiger partial charge on any atom is 0.334 e. The van der Waals surface area contributed by atoms with Crippen LogP contribution in [-0.2, 0) is 10.3 Å². The van der Waals surface area contributed by atoms with E-state index in [1.165, 1.54) is 12.1 Å². The van der Waals surface area contributed by atoms with Gasteiger partial charge in [-0.25, -0.2) is 9.18 Å². The molecular formula is C16H15ClFNO2. The highest BCUT2D eigenvalue weighted by Crippen LogP contribution is 2.32. The molecule has 1 unspecified atom stereocenters. The predicted molar refractivity (Wildman–Crippen MR) is 81.1 cm³/mol. The fraction of sp³-hybridized carbons (Fsp3) is 0.188. The quantitative estimate of drug-likeness (QED) is 0.866. The number of carboxylic acid groups (broad SMARTS) is 1. The van der Waals surface area contributed by atoms with Gasteiger partial charge < -0.3 is 10.4 Å². The van der Waals surface area contributed by atoms with Crippen LogP contribution in [0.5, 0.6) is 0 Å². The van der Waals surface area contributed by atoms with E-state index in [1.54, 1.807) is 43.3 Å². The summed E-state index contributed by atoms with van der Waals surface area (Å²) in [7, 11) is 0. The predicted octanol–water partition coefficient (Wildman–Crippen LogP) is 4.28. The molecule has 5 heteroatoms. The molecule has 0 aliphatic heterocycles. The number of rotatable bonds is 5. The van der Waals surface area contributed by atoms with Gasteiger partial charge in [-0.2, -0.15) is 0 Å². The molecule has 0 aliphatic rings. The number of hydrogen-bond acceptors (Lipinski definition) is 2. The van der Waals surface area contributed by atoms with E-state index in [4.69, 9.17) is 11.6 Å². The van der Waals surface area contributed by atoms with Crippen molar-refractivity contribution in [3.05, 3.63) is 64.9 Å². The number of carboxylic acids is 1. The summed E-state index contributed by atoms with van der Waals surface area (Å²) in [5.41, 5.74) is -0.817. The Morgan fingerprint density at radius 3 is 2.57 bits per heavy atom. The molecule has 0 aliphatic carbocycles. The molecule has 110 valence electrons. The molecule has 0 amide bonds. The summed E-state index contributed by atoms with van der Waals surface area (Å²) in [5.74, 6) is -1.59. The highest BCUT2D eigenvalue weighted by Gasteiger charge is 2.39. The van der Waals surface area contributed by atoms with E-state index in [1.807, 2.05) is 0 Å². The van der Waals surface area contributed by atoms with Crippen molar-refractivity contribution in [1.29, 1.82) is 0 Å². The van der Waals surface area contributed by atoms with Crippen LogP contribution in [0.2, 0.25) is 5.02 Å². The van der Waals surface area contributed by atoms with Gasteiger partial charge in [0.25, 0.3) is 0 Å². The zero-order valence-electron chi connectivity index (χ0n) is 11.4. The first-order valence-electron chi connectivity index (χ1n) is 6.52. The Hall–Kier alpha value is -2.07. The lowest BCUT2D eigenvalue weighted by atomic mass is 9.87. The maximum absolute atomic E-state index is 13.8. The average molecular weight is 308 g/mol. The van der Waals surface area contributed by atoms with Crippen LogP contribution in [0.15, 0.2) is 48.5 Å². The van der Waals surface area contributed by atoms with E-state index in [0.29, 0.717) is 10.6 Å². The highest BCUT2D eigenvalue weighted by atomic mass is 35.5. The van der Waals surface area contributed by atoms with Crippen molar-refractivity contribution in [3.8, 4) is 0 Å². The number of nitrogens with one attached hydrogen (secondary N) is 1. The molecule has 2 aromatic rings. The lowest BCUT2D eigenvalue weighted by molar-refractivity contribution is -0.142. The van der Waals surface area contributed by atoms with Crippen molar-refractivity contribution in [2.24, 2.45) is 0 Å². The summed E-state index contributed by atoms with van der Waals surface area (Å²) < 4.78 is 13.8. The zero-order chi connectivity index (χ0) is 15.5. The van der Waals surface area contributed by atoms with E-state index in [-0.39, 0.29) is 12.1 Å². The lowest BCUT2D eigenvalue weighted by Gasteiger charge is -2.31. The average Bonchev–Trinajstić information content (AvgIpc) is 2.46. The van der Waals surface area contributed by atoms with Crippen LogP contribution in [0, 0.1) is 5.82 Å². The minimum absolute atomic E-state index is 0.140. The summed E-state index contributed by atoms with van der Waals surface area (Å²) in [5, 5.41) is 12.9. The molecule has 0 radical (unpaired) electrons. The van der Waals surface area contributed by atoms with E-state index in [9.17, 15) is 14.3 Å². The van der Waals surface area contributed by atoms with Crippen molar-refractivity contribution in [1.82, 2.24) is 0 Å². The molecule has 0 spiro atoms. The minimum atomic E-state index is -1.44. The van der Waals surface area contributed by atoms with Crippen molar-refractivity contribution >= 4 is 23.3 Å². The molecule has 0 fully saturated rings. The molecule has 2 N–H and O–H groups in total. The molecule has 1 atom stereocenters. The van der Waals surface area contributed by atoms with Gasteiger partial charge in [0.2, 0.25) is 0 Å². The van der Waals surface area contributed by atoms with E-state index in [2.05, 4.69) is 5.32 Å². The van der Waals surface area contributed by atoms with Gasteiger partial charge in [-0.3, -0.25) is 0 Å². The Bertz CT molecular complexity index is 662. The van der Waals surface area contributed by atoms with E-state index in [0.717, 1.165) is 0 Å². The van der Waals surface area contributed by atoms with Gasteiger partial charge in [0.1, 0.15) is 5.82 Å². The first-order chi connectivity index (χ1) is 9.99. The smallest absolute Gasteiger partial charge is 0.334 e. The van der Waals surface area contributed by atoms with Crippen LogP contribution in [0.1, 0.15) is 18.9 Å². The number of hydrogen-bond donors (Lipinski definition) is 2. The summed E-state index contributed by atoms with van der Waals surface area (Å²) in [6.45, 7) is 1.73. The minimum Gasteiger partial charge on any atom is -0.479 e. The number of para-hydroxylation sites is 1. The van der Waals surface area contributed by atoms with Crippen LogP contribution in [0.25, 0.3) is 0 Å². The number of halogens is 2. The Morgan fingerprint density at radius 2 is 2.00 bits per heavy atom. The lowest BCUT2D eigenvalue weighted by Crippen LogP contribution is -2.43. The molecule has 0 saturated carbocycles. The summed E-state index contributed by atoms with van der Waals surface area (Å²) in [6, 6.07) is 12.6. The third kappa shape index (κ3) is 3.00. The van der Waals surface area contributed by atoms with Crippen LogP contribution in [-0.4, -0.2) is 11.1 Å². The van der Waals surface area contributed by atoms with Gasteiger partial charge in [0.05, 0.1) is 5.69 Å². The molecule has 0 bridgehead atoms. The van der Waals surface area contributed by atoms with E-state index >= 15 is 0 Å². The molecule has 0 aromatic heterocycles. The Kier molecular flexibility index (Phi) is 4.48. The van der Waals surface area contributed by atoms with Gasteiger partial charge in [0, 0.05) is 5.02 Å². The third-order valence-corrected chi connectivity index (χ3v) is 3.67. The number of carbonyl (C=O) groups is 1. The van der Waals surface area contributed by atoms with Crippen LogP contribution < -0.4 is 5.32 Å². The summed E-state index contributed by atoms with van der Waals surface area (Å²) >= 11 is 5.95. The fourth-order valence-corrected chi connectivity index (χ4v) is 2.43. The number of aliphatic carboxylic acids is 1. The Balaban J connectivity index is 2.53. The Morgan fingerprint density at radius 1 is 1.29 bits per heavy atom. The van der Waals surface area contributed by atoms with Crippen molar-refractivity contribution in [2.45, 2.75) is 18.9 Å². The molecule has 3 nitrogen and oxygen atoms in total. The first-order valence-corrected chi connectivity index (χ1v) is 6.89. The second kappa shape index (κ2) is 6.14. The summed E-state index contributed by atoms with van der Waals surface area (Å²) in [4.78, 5) is 11.9. The second-order valence-corrected chi connectivity index (χ2v) is 5.12. The molecule has 0 saturated heterocycles.